The van der Waals surface area contributed by atoms with E-state index in [9.17, 15) is 0 Å². The molecule has 1 aliphatic heterocycles. The zero-order valence-corrected chi connectivity index (χ0v) is 13.3. The molecule has 1 N–H and O–H groups in total. The molecule has 2 rings (SSSR count). The summed E-state index contributed by atoms with van der Waals surface area (Å²) in [6, 6.07) is 9.04. The Morgan fingerprint density at radius 3 is 3.00 bits per heavy atom. The molecule has 106 valence electrons. The lowest BCUT2D eigenvalue weighted by molar-refractivity contribution is -0.00737. The molecule has 0 amide bonds. The fraction of sp³-hybridized carbons (Fsp3) is 0.625. The van der Waals surface area contributed by atoms with Crippen LogP contribution in [0.2, 0.25) is 0 Å². The molecule has 1 fully saturated rings. The summed E-state index contributed by atoms with van der Waals surface area (Å²) in [6.45, 7) is 4.21. The normalized spacial score (nSPS) is 21.3. The van der Waals surface area contributed by atoms with Gasteiger partial charge in [0.2, 0.25) is 0 Å². The highest BCUT2D eigenvalue weighted by Crippen LogP contribution is 2.20. The number of hydrogen-bond donors (Lipinski definition) is 1. The molecule has 0 radical (unpaired) electrons. The summed E-state index contributed by atoms with van der Waals surface area (Å²) >= 11 is 3.55. The fourth-order valence-electron chi connectivity index (χ4n) is 2.67. The topological polar surface area (TPSA) is 21.3 Å². The van der Waals surface area contributed by atoms with Crippen LogP contribution in [-0.4, -0.2) is 25.3 Å². The summed E-state index contributed by atoms with van der Waals surface area (Å²) in [5, 5.41) is 3.67. The van der Waals surface area contributed by atoms with E-state index in [4.69, 9.17) is 4.74 Å². The van der Waals surface area contributed by atoms with Gasteiger partial charge in [-0.1, -0.05) is 35.0 Å². The van der Waals surface area contributed by atoms with Crippen molar-refractivity contribution in [2.75, 3.05) is 13.2 Å². The third-order valence-corrected chi connectivity index (χ3v) is 4.16. The highest BCUT2D eigenvalue weighted by atomic mass is 79.9. The number of nitrogens with one attached hydrogen (secondary N) is 1. The van der Waals surface area contributed by atoms with Gasteiger partial charge in [-0.2, -0.15) is 0 Å². The molecule has 1 heterocycles. The van der Waals surface area contributed by atoms with Crippen molar-refractivity contribution >= 4 is 15.9 Å². The van der Waals surface area contributed by atoms with Crippen LogP contribution in [0.15, 0.2) is 28.7 Å². The second kappa shape index (κ2) is 8.03. The maximum Gasteiger partial charge on any atom is 0.0731 e. The molecule has 2 unspecified atom stereocenters. The number of rotatable bonds is 6. The lowest BCUT2D eigenvalue weighted by Gasteiger charge is -2.31. The third-order valence-electron chi connectivity index (χ3n) is 3.66. The number of halogens is 1. The molecule has 1 aromatic rings. The first-order valence-corrected chi connectivity index (χ1v) is 8.18. The third kappa shape index (κ3) is 4.90. The predicted octanol–water partition coefficient (Wildman–Crippen LogP) is 3.93. The quantitative estimate of drug-likeness (QED) is 0.855. The van der Waals surface area contributed by atoms with Gasteiger partial charge in [-0.05, 0) is 56.3 Å². The first-order valence-electron chi connectivity index (χ1n) is 7.39. The molecule has 1 saturated heterocycles. The number of hydrogen-bond acceptors (Lipinski definition) is 2. The van der Waals surface area contributed by atoms with Crippen LogP contribution in [0.25, 0.3) is 0 Å². The maximum absolute atomic E-state index is 5.97. The summed E-state index contributed by atoms with van der Waals surface area (Å²) in [5.74, 6) is 0. The minimum Gasteiger partial charge on any atom is -0.377 e. The number of benzene rings is 1. The second-order valence-electron chi connectivity index (χ2n) is 5.30. The molecule has 0 aromatic heterocycles. The Morgan fingerprint density at radius 1 is 1.42 bits per heavy atom. The van der Waals surface area contributed by atoms with E-state index >= 15 is 0 Å². The van der Waals surface area contributed by atoms with Crippen molar-refractivity contribution in [1.29, 1.82) is 0 Å². The Kier molecular flexibility index (Phi) is 6.35. The summed E-state index contributed by atoms with van der Waals surface area (Å²) in [7, 11) is 0. The Balaban J connectivity index is 1.99. The molecule has 2 atom stereocenters. The average Bonchev–Trinajstić information content (AvgIpc) is 2.44. The highest BCUT2D eigenvalue weighted by molar-refractivity contribution is 9.10. The van der Waals surface area contributed by atoms with Crippen LogP contribution in [0.3, 0.4) is 0 Å². The van der Waals surface area contributed by atoms with Gasteiger partial charge in [0, 0.05) is 17.1 Å². The van der Waals surface area contributed by atoms with Crippen molar-refractivity contribution in [3.05, 3.63) is 34.3 Å². The van der Waals surface area contributed by atoms with Crippen LogP contribution >= 0.6 is 15.9 Å². The molecule has 0 aliphatic carbocycles. The van der Waals surface area contributed by atoms with Gasteiger partial charge >= 0.3 is 0 Å². The zero-order chi connectivity index (χ0) is 13.5. The monoisotopic (exact) mass is 325 g/mol. The Labute approximate surface area is 125 Å². The Bertz CT molecular complexity index is 377. The van der Waals surface area contributed by atoms with Crippen LogP contribution in [-0.2, 0) is 11.2 Å². The molecule has 1 aromatic carbocycles. The SMILES string of the molecule is CCCNC(Cc1cccc(Br)c1)C1CCCCO1. The summed E-state index contributed by atoms with van der Waals surface area (Å²) < 4.78 is 7.12. The van der Waals surface area contributed by atoms with E-state index in [2.05, 4.69) is 52.4 Å². The van der Waals surface area contributed by atoms with Gasteiger partial charge in [0.1, 0.15) is 0 Å². The first-order chi connectivity index (χ1) is 9.29. The lowest BCUT2D eigenvalue weighted by atomic mass is 9.96. The van der Waals surface area contributed by atoms with Gasteiger partial charge in [0.25, 0.3) is 0 Å². The van der Waals surface area contributed by atoms with E-state index in [1.54, 1.807) is 0 Å². The summed E-state index contributed by atoms with van der Waals surface area (Å²) in [5.41, 5.74) is 1.37. The van der Waals surface area contributed by atoms with Crippen molar-refractivity contribution in [3.63, 3.8) is 0 Å². The van der Waals surface area contributed by atoms with Crippen molar-refractivity contribution in [3.8, 4) is 0 Å². The molecule has 2 nitrogen and oxygen atoms in total. The van der Waals surface area contributed by atoms with E-state index in [-0.39, 0.29) is 0 Å². The molecule has 19 heavy (non-hydrogen) atoms. The second-order valence-corrected chi connectivity index (χ2v) is 6.22. The molecule has 1 aliphatic rings. The molecule has 0 saturated carbocycles. The first kappa shape index (κ1) is 15.0. The molecular weight excluding hydrogens is 302 g/mol. The van der Waals surface area contributed by atoms with Gasteiger partial charge in [-0.3, -0.25) is 0 Å². The Hall–Kier alpha value is -0.380. The standard InChI is InChI=1S/C16H24BrNO/c1-2-9-18-15(16-8-3-4-10-19-16)12-13-6-5-7-14(17)11-13/h5-7,11,15-16,18H,2-4,8-10,12H2,1H3. The minimum atomic E-state index is 0.374. The maximum atomic E-state index is 5.97. The van der Waals surface area contributed by atoms with Crippen molar-refractivity contribution in [1.82, 2.24) is 5.32 Å². The Morgan fingerprint density at radius 2 is 2.32 bits per heavy atom. The van der Waals surface area contributed by atoms with Crippen LogP contribution in [0.5, 0.6) is 0 Å². The van der Waals surface area contributed by atoms with Crippen LogP contribution in [0, 0.1) is 0 Å². The van der Waals surface area contributed by atoms with Crippen LogP contribution in [0.1, 0.15) is 38.2 Å². The summed E-state index contributed by atoms with van der Waals surface area (Å²) in [6.07, 6.45) is 6.29. The highest BCUT2D eigenvalue weighted by Gasteiger charge is 2.24. The average molecular weight is 326 g/mol. The van der Waals surface area contributed by atoms with Crippen LogP contribution in [0.4, 0.5) is 0 Å². The van der Waals surface area contributed by atoms with Gasteiger partial charge in [-0.25, -0.2) is 0 Å². The zero-order valence-electron chi connectivity index (χ0n) is 11.7. The van der Waals surface area contributed by atoms with E-state index in [1.807, 2.05) is 0 Å². The predicted molar refractivity (Wildman–Crippen MR) is 83.5 cm³/mol. The molecule has 0 spiro atoms. The van der Waals surface area contributed by atoms with E-state index in [0.29, 0.717) is 12.1 Å². The van der Waals surface area contributed by atoms with Gasteiger partial charge in [0.15, 0.2) is 0 Å². The van der Waals surface area contributed by atoms with Crippen molar-refractivity contribution in [2.24, 2.45) is 0 Å². The van der Waals surface area contributed by atoms with E-state index < -0.39 is 0 Å². The van der Waals surface area contributed by atoms with Crippen molar-refractivity contribution < 1.29 is 4.74 Å². The minimum absolute atomic E-state index is 0.374. The van der Waals surface area contributed by atoms with E-state index in [1.165, 1.54) is 31.2 Å². The molecule has 3 heteroatoms. The molecule has 0 bridgehead atoms. The van der Waals surface area contributed by atoms with Crippen molar-refractivity contribution in [2.45, 2.75) is 51.2 Å². The largest absolute Gasteiger partial charge is 0.377 e. The van der Waals surface area contributed by atoms with Gasteiger partial charge < -0.3 is 10.1 Å². The van der Waals surface area contributed by atoms with Crippen LogP contribution < -0.4 is 5.32 Å². The van der Waals surface area contributed by atoms with Gasteiger partial charge in [-0.15, -0.1) is 0 Å². The van der Waals surface area contributed by atoms with E-state index in [0.717, 1.165) is 24.0 Å². The molecular formula is C16H24BrNO. The lowest BCUT2D eigenvalue weighted by Crippen LogP contribution is -2.44. The fourth-order valence-corrected chi connectivity index (χ4v) is 3.11. The summed E-state index contributed by atoms with van der Waals surface area (Å²) in [4.78, 5) is 0. The number of ether oxygens (including phenoxy) is 1. The smallest absolute Gasteiger partial charge is 0.0731 e. The van der Waals surface area contributed by atoms with Gasteiger partial charge in [0.05, 0.1) is 6.10 Å².